The second kappa shape index (κ2) is 4.93. The molecule has 0 spiro atoms. The zero-order chi connectivity index (χ0) is 14.1. The van der Waals surface area contributed by atoms with E-state index in [2.05, 4.69) is 20.4 Å². The molecule has 6 nitrogen and oxygen atoms in total. The van der Waals surface area contributed by atoms with Crippen LogP contribution in [0.25, 0.3) is 11.3 Å². The van der Waals surface area contributed by atoms with Crippen molar-refractivity contribution in [3.63, 3.8) is 0 Å². The van der Waals surface area contributed by atoms with Gasteiger partial charge in [-0.1, -0.05) is 0 Å². The van der Waals surface area contributed by atoms with E-state index in [1.807, 2.05) is 12.3 Å². The molecule has 0 saturated carbocycles. The third kappa shape index (κ3) is 2.48. The zero-order valence-electron chi connectivity index (χ0n) is 11.0. The van der Waals surface area contributed by atoms with Crippen molar-refractivity contribution in [1.29, 1.82) is 0 Å². The lowest BCUT2D eigenvalue weighted by molar-refractivity contribution is 0.102. The summed E-state index contributed by atoms with van der Waals surface area (Å²) in [6.07, 6.45) is 5.13. The van der Waals surface area contributed by atoms with Crippen LogP contribution in [0.4, 0.5) is 5.69 Å². The van der Waals surface area contributed by atoms with Crippen LogP contribution < -0.4 is 5.32 Å². The summed E-state index contributed by atoms with van der Waals surface area (Å²) in [4.78, 5) is 19.4. The number of amides is 1. The van der Waals surface area contributed by atoms with Crippen LogP contribution in [0.15, 0.2) is 30.0 Å². The van der Waals surface area contributed by atoms with E-state index in [-0.39, 0.29) is 5.91 Å². The van der Waals surface area contributed by atoms with Crippen LogP contribution in [-0.2, 0) is 7.05 Å². The number of hydrogen-bond donors (Lipinski definition) is 2. The number of anilines is 1. The van der Waals surface area contributed by atoms with Crippen molar-refractivity contribution in [2.45, 2.75) is 6.92 Å². The van der Waals surface area contributed by atoms with Crippen LogP contribution in [0, 0.1) is 6.92 Å². The first-order valence-corrected chi connectivity index (χ1v) is 6.91. The molecule has 0 radical (unpaired) electrons. The maximum Gasteiger partial charge on any atom is 0.272 e. The first-order valence-electron chi connectivity index (χ1n) is 6.03. The third-order valence-electron chi connectivity index (χ3n) is 2.81. The van der Waals surface area contributed by atoms with Gasteiger partial charge in [0.15, 0.2) is 0 Å². The number of hydrogen-bond acceptors (Lipinski definition) is 4. The monoisotopic (exact) mass is 287 g/mol. The average molecular weight is 287 g/mol. The van der Waals surface area contributed by atoms with Crippen molar-refractivity contribution < 1.29 is 4.79 Å². The lowest BCUT2D eigenvalue weighted by atomic mass is 10.2. The summed E-state index contributed by atoms with van der Waals surface area (Å²) in [5, 5.41) is 9.76. The molecule has 3 rings (SSSR count). The molecular formula is C13H13N5OS. The Kier molecular flexibility index (Phi) is 3.11. The van der Waals surface area contributed by atoms with E-state index in [0.717, 1.165) is 16.3 Å². The molecule has 0 aliphatic rings. The van der Waals surface area contributed by atoms with Crippen LogP contribution in [0.5, 0.6) is 0 Å². The van der Waals surface area contributed by atoms with Gasteiger partial charge in [-0.25, -0.2) is 4.98 Å². The standard InChI is InChI=1S/C13H13N5OS/c1-8-16-12(7-20-8)9-3-11(14-4-9)13(19)17-10-5-15-18(2)6-10/h3-7,14H,1-2H3,(H,17,19). The molecule has 0 aliphatic heterocycles. The molecule has 0 saturated heterocycles. The van der Waals surface area contributed by atoms with Gasteiger partial charge in [0.25, 0.3) is 5.91 Å². The molecule has 0 unspecified atom stereocenters. The fourth-order valence-corrected chi connectivity index (χ4v) is 2.48. The minimum absolute atomic E-state index is 0.198. The van der Waals surface area contributed by atoms with Gasteiger partial charge < -0.3 is 10.3 Å². The zero-order valence-corrected chi connectivity index (χ0v) is 11.9. The molecule has 3 heterocycles. The quantitative estimate of drug-likeness (QED) is 0.777. The van der Waals surface area contributed by atoms with Crippen LogP contribution in [0.1, 0.15) is 15.5 Å². The summed E-state index contributed by atoms with van der Waals surface area (Å²) in [6, 6.07) is 1.79. The number of thiazole rings is 1. The highest BCUT2D eigenvalue weighted by atomic mass is 32.1. The first kappa shape index (κ1) is 12.6. The summed E-state index contributed by atoms with van der Waals surface area (Å²) in [7, 11) is 1.80. The summed E-state index contributed by atoms with van der Waals surface area (Å²) < 4.78 is 1.63. The van der Waals surface area contributed by atoms with E-state index in [4.69, 9.17) is 0 Å². The van der Waals surface area contributed by atoms with Crippen LogP contribution in [-0.4, -0.2) is 25.7 Å². The van der Waals surface area contributed by atoms with Gasteiger partial charge in [0.1, 0.15) is 5.69 Å². The van der Waals surface area contributed by atoms with E-state index in [0.29, 0.717) is 11.4 Å². The molecule has 0 bridgehead atoms. The minimum atomic E-state index is -0.198. The Hall–Kier alpha value is -2.41. The smallest absolute Gasteiger partial charge is 0.272 e. The largest absolute Gasteiger partial charge is 0.357 e. The fraction of sp³-hybridized carbons (Fsp3) is 0.154. The molecule has 102 valence electrons. The number of aryl methyl sites for hydroxylation is 2. The lowest BCUT2D eigenvalue weighted by Crippen LogP contribution is -2.11. The Morgan fingerprint density at radius 3 is 3.00 bits per heavy atom. The molecule has 0 aliphatic carbocycles. The average Bonchev–Trinajstić information content (AvgIpc) is 3.10. The van der Waals surface area contributed by atoms with Gasteiger partial charge in [0.05, 0.1) is 22.6 Å². The van der Waals surface area contributed by atoms with Gasteiger partial charge in [-0.3, -0.25) is 9.48 Å². The van der Waals surface area contributed by atoms with Gasteiger partial charge in [-0.15, -0.1) is 11.3 Å². The molecule has 3 aromatic rings. The van der Waals surface area contributed by atoms with Crippen LogP contribution in [0.3, 0.4) is 0 Å². The highest BCUT2D eigenvalue weighted by molar-refractivity contribution is 7.09. The first-order chi connectivity index (χ1) is 9.61. The summed E-state index contributed by atoms with van der Waals surface area (Å²) in [5.41, 5.74) is 2.95. The Labute approximate surface area is 119 Å². The van der Waals surface area contributed by atoms with Gasteiger partial charge >= 0.3 is 0 Å². The number of aromatic amines is 1. The van der Waals surface area contributed by atoms with Crippen LogP contribution >= 0.6 is 11.3 Å². The molecule has 0 fully saturated rings. The molecule has 2 N–H and O–H groups in total. The van der Waals surface area contributed by atoms with Crippen molar-refractivity contribution >= 4 is 22.9 Å². The summed E-state index contributed by atoms with van der Waals surface area (Å²) >= 11 is 1.59. The van der Waals surface area contributed by atoms with E-state index in [1.54, 1.807) is 47.7 Å². The number of rotatable bonds is 3. The molecule has 0 atom stereocenters. The van der Waals surface area contributed by atoms with Crippen molar-refractivity contribution in [2.75, 3.05) is 5.32 Å². The number of nitrogens with one attached hydrogen (secondary N) is 2. The van der Waals surface area contributed by atoms with E-state index in [9.17, 15) is 4.79 Å². The number of aromatic nitrogens is 4. The SMILES string of the molecule is Cc1nc(-c2c[nH]c(C(=O)Nc3cnn(C)c3)c2)cs1. The summed E-state index contributed by atoms with van der Waals surface area (Å²) in [5.74, 6) is -0.198. The van der Waals surface area contributed by atoms with Gasteiger partial charge in [-0.05, 0) is 13.0 Å². The second-order valence-electron chi connectivity index (χ2n) is 4.41. The van der Waals surface area contributed by atoms with Gasteiger partial charge in [-0.2, -0.15) is 5.10 Å². The van der Waals surface area contributed by atoms with Crippen molar-refractivity contribution in [2.24, 2.45) is 7.05 Å². The number of H-pyrrole nitrogens is 1. The Morgan fingerprint density at radius 1 is 1.50 bits per heavy atom. The normalized spacial score (nSPS) is 10.7. The minimum Gasteiger partial charge on any atom is -0.357 e. The molecule has 1 amide bonds. The maximum atomic E-state index is 12.1. The molecule has 20 heavy (non-hydrogen) atoms. The predicted molar refractivity (Wildman–Crippen MR) is 77.8 cm³/mol. The number of carbonyl (C=O) groups excluding carboxylic acids is 1. The van der Waals surface area contributed by atoms with Crippen molar-refractivity contribution in [1.82, 2.24) is 19.7 Å². The van der Waals surface area contributed by atoms with Gasteiger partial charge in [0.2, 0.25) is 0 Å². The van der Waals surface area contributed by atoms with Crippen molar-refractivity contribution in [3.8, 4) is 11.3 Å². The Bertz CT molecular complexity index is 754. The predicted octanol–water partition coefficient (Wildman–Crippen LogP) is 2.43. The van der Waals surface area contributed by atoms with E-state index in [1.165, 1.54) is 0 Å². The second-order valence-corrected chi connectivity index (χ2v) is 5.47. The molecule has 3 aromatic heterocycles. The fourth-order valence-electron chi connectivity index (χ4n) is 1.85. The van der Waals surface area contributed by atoms with E-state index < -0.39 is 0 Å². The van der Waals surface area contributed by atoms with E-state index >= 15 is 0 Å². The van der Waals surface area contributed by atoms with Gasteiger partial charge in [0, 0.05) is 30.4 Å². The lowest BCUT2D eigenvalue weighted by Gasteiger charge is -1.98. The topological polar surface area (TPSA) is 75.6 Å². The molecular weight excluding hydrogens is 274 g/mol. The Balaban J connectivity index is 1.78. The molecule has 7 heteroatoms. The number of nitrogens with zero attached hydrogens (tertiary/aromatic N) is 3. The summed E-state index contributed by atoms with van der Waals surface area (Å²) in [6.45, 7) is 1.96. The highest BCUT2D eigenvalue weighted by Gasteiger charge is 2.12. The molecule has 0 aromatic carbocycles. The number of carbonyl (C=O) groups is 1. The third-order valence-corrected chi connectivity index (χ3v) is 3.58. The maximum absolute atomic E-state index is 12.1. The Morgan fingerprint density at radius 2 is 2.35 bits per heavy atom. The van der Waals surface area contributed by atoms with Crippen molar-refractivity contribution in [3.05, 3.63) is 40.7 Å². The highest BCUT2D eigenvalue weighted by Crippen LogP contribution is 2.22. The van der Waals surface area contributed by atoms with Crippen LogP contribution in [0.2, 0.25) is 0 Å².